The van der Waals surface area contributed by atoms with Gasteiger partial charge in [0, 0.05) is 28.6 Å². The van der Waals surface area contributed by atoms with E-state index >= 15 is 0 Å². The first-order valence-corrected chi connectivity index (χ1v) is 12.6. The molecule has 166 valence electrons. The van der Waals surface area contributed by atoms with Gasteiger partial charge in [-0.1, -0.05) is 0 Å². The van der Waals surface area contributed by atoms with E-state index in [1.165, 1.54) is 28.3 Å². The first-order valence-electron chi connectivity index (χ1n) is 10.3. The number of benzene rings is 2. The number of fused-ring (bicyclic) bond motifs is 2. The van der Waals surface area contributed by atoms with Crippen LogP contribution in [0, 0.1) is 0 Å². The van der Waals surface area contributed by atoms with E-state index in [0.717, 1.165) is 31.4 Å². The van der Waals surface area contributed by atoms with Gasteiger partial charge in [0.15, 0.2) is 16.6 Å². The number of carbonyl (C=O) groups excluding carboxylic acids is 1. The average Bonchev–Trinajstić information content (AvgIpc) is 3.27. The molecule has 1 aliphatic carbocycles. The number of thiazole rings is 1. The molecule has 1 aromatic heterocycles. The van der Waals surface area contributed by atoms with E-state index in [-0.39, 0.29) is 10.8 Å². The third-order valence-electron chi connectivity index (χ3n) is 5.24. The molecule has 8 nitrogen and oxygen atoms in total. The van der Waals surface area contributed by atoms with E-state index in [1.807, 2.05) is 0 Å². The van der Waals surface area contributed by atoms with Gasteiger partial charge in [-0.25, -0.2) is 13.4 Å². The number of hydrogen-bond donors (Lipinski definition) is 2. The van der Waals surface area contributed by atoms with Crippen molar-refractivity contribution in [3.63, 3.8) is 0 Å². The molecule has 5 rings (SSSR count). The lowest BCUT2D eigenvalue weighted by molar-refractivity contribution is 0.102. The van der Waals surface area contributed by atoms with Crippen molar-refractivity contribution >= 4 is 38.1 Å². The zero-order valence-corrected chi connectivity index (χ0v) is 18.7. The Labute approximate surface area is 189 Å². The Hall–Kier alpha value is -3.11. The molecule has 2 aromatic carbocycles. The third kappa shape index (κ3) is 4.28. The molecule has 2 aliphatic rings. The fraction of sp³-hybridized carbons (Fsp3) is 0.273. The summed E-state index contributed by atoms with van der Waals surface area (Å²) in [5, 5.41) is 3.42. The summed E-state index contributed by atoms with van der Waals surface area (Å²) in [4.78, 5) is 18.3. The Morgan fingerprint density at radius 2 is 1.75 bits per heavy atom. The highest BCUT2D eigenvalue weighted by atomic mass is 32.2. The number of sulfonamides is 1. The second-order valence-electron chi connectivity index (χ2n) is 7.54. The summed E-state index contributed by atoms with van der Waals surface area (Å²) in [5.41, 5.74) is 1.84. The summed E-state index contributed by atoms with van der Waals surface area (Å²) < 4.78 is 39.3. The lowest BCUT2D eigenvalue weighted by atomic mass is 10.2. The van der Waals surface area contributed by atoms with Gasteiger partial charge in [-0.15, -0.1) is 11.3 Å². The van der Waals surface area contributed by atoms with Crippen LogP contribution < -0.4 is 19.5 Å². The van der Waals surface area contributed by atoms with Crippen molar-refractivity contribution in [2.45, 2.75) is 30.6 Å². The monoisotopic (exact) mass is 471 g/mol. The smallest absolute Gasteiger partial charge is 0.262 e. The van der Waals surface area contributed by atoms with Crippen molar-refractivity contribution in [3.05, 3.63) is 58.6 Å². The Morgan fingerprint density at radius 1 is 0.969 bits per heavy atom. The summed E-state index contributed by atoms with van der Waals surface area (Å²) in [7, 11) is -3.83. The van der Waals surface area contributed by atoms with E-state index in [9.17, 15) is 13.2 Å². The van der Waals surface area contributed by atoms with Gasteiger partial charge in [0.05, 0.1) is 23.8 Å². The molecule has 2 N–H and O–H groups in total. The van der Waals surface area contributed by atoms with Gasteiger partial charge in [-0.3, -0.25) is 14.8 Å². The molecule has 1 amide bonds. The van der Waals surface area contributed by atoms with Crippen LogP contribution >= 0.6 is 11.3 Å². The minimum Gasteiger partial charge on any atom is -0.490 e. The quantitative estimate of drug-likeness (QED) is 0.586. The van der Waals surface area contributed by atoms with Crippen molar-refractivity contribution in [1.82, 2.24) is 4.98 Å². The van der Waals surface area contributed by atoms with Gasteiger partial charge in [0.25, 0.3) is 15.9 Å². The number of nitrogens with zero attached hydrogens (tertiary/aromatic N) is 1. The zero-order chi connectivity index (χ0) is 22.1. The van der Waals surface area contributed by atoms with Crippen LogP contribution in [-0.4, -0.2) is 32.5 Å². The molecule has 1 aliphatic heterocycles. The van der Waals surface area contributed by atoms with E-state index in [4.69, 9.17) is 9.47 Å². The van der Waals surface area contributed by atoms with Crippen molar-refractivity contribution in [1.29, 1.82) is 0 Å². The standard InChI is InChI=1S/C22H21N3O5S2/c26-21(24-22-23-17-3-1-4-20(17)31-22)14-5-7-15(8-6-14)25-32(27,28)16-9-10-18-19(13-16)30-12-2-11-29-18/h5-10,13,25H,1-4,11-12H2,(H,23,24,26). The van der Waals surface area contributed by atoms with Crippen molar-refractivity contribution in [2.24, 2.45) is 0 Å². The first kappa shape index (κ1) is 20.8. The van der Waals surface area contributed by atoms with Crippen molar-refractivity contribution < 1.29 is 22.7 Å². The molecule has 0 saturated carbocycles. The lowest BCUT2D eigenvalue weighted by Gasteiger charge is -2.12. The lowest BCUT2D eigenvalue weighted by Crippen LogP contribution is -2.14. The van der Waals surface area contributed by atoms with Crippen LogP contribution in [0.4, 0.5) is 10.8 Å². The predicted molar refractivity (Wildman–Crippen MR) is 121 cm³/mol. The predicted octanol–water partition coefficient (Wildman–Crippen LogP) is 3.85. The maximum atomic E-state index is 12.8. The molecular weight excluding hydrogens is 450 g/mol. The van der Waals surface area contributed by atoms with E-state index in [2.05, 4.69) is 15.0 Å². The van der Waals surface area contributed by atoms with Crippen LogP contribution in [0.25, 0.3) is 0 Å². The highest BCUT2D eigenvalue weighted by Crippen LogP contribution is 2.33. The summed E-state index contributed by atoms with van der Waals surface area (Å²) in [6.45, 7) is 0.999. The molecule has 0 radical (unpaired) electrons. The second kappa shape index (κ2) is 8.44. The summed E-state index contributed by atoms with van der Waals surface area (Å²) in [6.07, 6.45) is 3.83. The number of aryl methyl sites for hydroxylation is 2. The Morgan fingerprint density at radius 3 is 2.53 bits per heavy atom. The van der Waals surface area contributed by atoms with Gasteiger partial charge in [-0.05, 0) is 55.7 Å². The number of ether oxygens (including phenoxy) is 2. The summed E-state index contributed by atoms with van der Waals surface area (Å²) in [5.74, 6) is 0.655. The Balaban J connectivity index is 1.27. The number of hydrogen-bond acceptors (Lipinski definition) is 7. The first-order chi connectivity index (χ1) is 15.5. The zero-order valence-electron chi connectivity index (χ0n) is 17.1. The third-order valence-corrected chi connectivity index (χ3v) is 7.70. The fourth-order valence-corrected chi connectivity index (χ4v) is 5.75. The number of amides is 1. The molecule has 0 atom stereocenters. The largest absolute Gasteiger partial charge is 0.490 e. The highest BCUT2D eigenvalue weighted by Gasteiger charge is 2.20. The number of rotatable bonds is 5. The van der Waals surface area contributed by atoms with E-state index in [1.54, 1.807) is 30.3 Å². The Bertz CT molecular complexity index is 1250. The molecule has 0 spiro atoms. The van der Waals surface area contributed by atoms with Crippen LogP contribution in [0.5, 0.6) is 11.5 Å². The molecule has 10 heteroatoms. The van der Waals surface area contributed by atoms with Crippen LogP contribution in [0.15, 0.2) is 47.4 Å². The van der Waals surface area contributed by atoms with E-state index < -0.39 is 10.0 Å². The molecule has 32 heavy (non-hydrogen) atoms. The van der Waals surface area contributed by atoms with Gasteiger partial charge in [0.2, 0.25) is 0 Å². The number of nitrogens with one attached hydrogen (secondary N) is 2. The van der Waals surface area contributed by atoms with Crippen LogP contribution in [0.2, 0.25) is 0 Å². The summed E-state index contributed by atoms with van der Waals surface area (Å²) in [6, 6.07) is 10.8. The van der Waals surface area contributed by atoms with Gasteiger partial charge >= 0.3 is 0 Å². The van der Waals surface area contributed by atoms with Crippen LogP contribution in [0.1, 0.15) is 33.8 Å². The van der Waals surface area contributed by atoms with Crippen LogP contribution in [-0.2, 0) is 22.9 Å². The SMILES string of the molecule is O=C(Nc1nc2c(s1)CCC2)c1ccc(NS(=O)(=O)c2ccc3c(c2)OCCCO3)cc1. The van der Waals surface area contributed by atoms with Gasteiger partial charge < -0.3 is 9.47 Å². The molecule has 0 unspecified atom stereocenters. The number of aromatic nitrogens is 1. The van der Waals surface area contributed by atoms with Gasteiger partial charge in [-0.2, -0.15) is 0 Å². The van der Waals surface area contributed by atoms with Gasteiger partial charge in [0.1, 0.15) is 0 Å². The molecule has 0 bridgehead atoms. The molecule has 2 heterocycles. The molecule has 0 saturated heterocycles. The summed E-state index contributed by atoms with van der Waals surface area (Å²) >= 11 is 1.51. The van der Waals surface area contributed by atoms with Crippen molar-refractivity contribution in [2.75, 3.05) is 23.3 Å². The normalized spacial score (nSPS) is 15.0. The molecular formula is C22H21N3O5S2. The second-order valence-corrected chi connectivity index (χ2v) is 10.3. The maximum absolute atomic E-state index is 12.8. The minimum atomic E-state index is -3.83. The minimum absolute atomic E-state index is 0.0698. The van der Waals surface area contributed by atoms with Crippen LogP contribution in [0.3, 0.4) is 0 Å². The maximum Gasteiger partial charge on any atom is 0.262 e. The highest BCUT2D eigenvalue weighted by molar-refractivity contribution is 7.92. The number of carbonyl (C=O) groups is 1. The molecule has 0 fully saturated rings. The molecule has 3 aromatic rings. The van der Waals surface area contributed by atoms with E-state index in [0.29, 0.717) is 41.1 Å². The van der Waals surface area contributed by atoms with Crippen molar-refractivity contribution in [3.8, 4) is 11.5 Å². The topological polar surface area (TPSA) is 107 Å². The Kier molecular flexibility index (Phi) is 5.48. The average molecular weight is 472 g/mol. The fourth-order valence-electron chi connectivity index (χ4n) is 3.63. The number of anilines is 2.